The summed E-state index contributed by atoms with van der Waals surface area (Å²) in [5.74, 6) is 2.21. The fourth-order valence-electron chi connectivity index (χ4n) is 4.99. The van der Waals surface area contributed by atoms with Crippen LogP contribution in [0.25, 0.3) is 22.3 Å². The number of hydrogen-bond donors (Lipinski definition) is 2. The fourth-order valence-corrected chi connectivity index (χ4v) is 5.33. The van der Waals surface area contributed by atoms with Gasteiger partial charge in [-0.3, -0.25) is 9.69 Å². The molecular weight excluding hydrogens is 492 g/mol. The van der Waals surface area contributed by atoms with Crippen molar-refractivity contribution in [2.45, 2.75) is 13.0 Å². The molecule has 3 aromatic rings. The van der Waals surface area contributed by atoms with E-state index in [1.165, 1.54) is 0 Å². The lowest BCUT2D eigenvalue weighted by atomic mass is 9.97. The Kier molecular flexibility index (Phi) is 7.84. The molecule has 0 aliphatic carbocycles. The van der Waals surface area contributed by atoms with Crippen LogP contribution in [0.5, 0.6) is 17.2 Å². The Morgan fingerprint density at radius 2 is 1.81 bits per heavy atom. The highest BCUT2D eigenvalue weighted by Crippen LogP contribution is 2.41. The number of amides is 1. The van der Waals surface area contributed by atoms with Gasteiger partial charge in [-0.25, -0.2) is 0 Å². The molecule has 0 bridgehead atoms. The highest BCUT2D eigenvalue weighted by atomic mass is 35.5. The SMILES string of the molecule is COc1cc(-c2cccc(-c3ccc4c(c3)OCCO4)c2Cl)ccc1CN1CCC(C(=O)NCCO)C1. The number of nitrogens with one attached hydrogen (secondary N) is 1. The summed E-state index contributed by atoms with van der Waals surface area (Å²) in [7, 11) is 1.67. The van der Waals surface area contributed by atoms with E-state index >= 15 is 0 Å². The van der Waals surface area contributed by atoms with E-state index < -0.39 is 0 Å². The Balaban J connectivity index is 1.35. The Hall–Kier alpha value is -3.26. The van der Waals surface area contributed by atoms with Gasteiger partial charge in [-0.2, -0.15) is 0 Å². The number of carbonyl (C=O) groups is 1. The van der Waals surface area contributed by atoms with Gasteiger partial charge in [-0.05, 0) is 42.3 Å². The molecule has 2 heterocycles. The molecule has 2 aliphatic heterocycles. The van der Waals surface area contributed by atoms with Gasteiger partial charge in [0, 0.05) is 36.3 Å². The predicted octanol–water partition coefficient (Wildman–Crippen LogP) is 4.38. The molecule has 0 saturated carbocycles. The van der Waals surface area contributed by atoms with Gasteiger partial charge in [0.1, 0.15) is 19.0 Å². The minimum atomic E-state index is -0.0566. The number of rotatable bonds is 8. The number of aliphatic hydroxyl groups is 1. The molecule has 3 aromatic carbocycles. The second kappa shape index (κ2) is 11.4. The van der Waals surface area contributed by atoms with E-state index in [1.54, 1.807) is 7.11 Å². The van der Waals surface area contributed by atoms with Crippen molar-refractivity contribution < 1.29 is 24.1 Å². The fraction of sp³-hybridized carbons (Fsp3) is 0.345. The number of aliphatic hydroxyl groups excluding tert-OH is 1. The van der Waals surface area contributed by atoms with Crippen LogP contribution >= 0.6 is 11.6 Å². The zero-order valence-electron chi connectivity index (χ0n) is 20.8. The van der Waals surface area contributed by atoms with Crippen LogP contribution in [0.15, 0.2) is 54.6 Å². The van der Waals surface area contributed by atoms with Crippen LogP contribution in [-0.2, 0) is 11.3 Å². The highest BCUT2D eigenvalue weighted by Gasteiger charge is 2.28. The van der Waals surface area contributed by atoms with Crippen molar-refractivity contribution in [3.05, 3.63) is 65.2 Å². The maximum absolute atomic E-state index is 12.3. The molecule has 0 radical (unpaired) electrons. The molecule has 1 fully saturated rings. The van der Waals surface area contributed by atoms with Crippen LogP contribution in [0, 0.1) is 5.92 Å². The standard InChI is InChI=1S/C29H31ClN2O5/c1-35-26-15-19(5-6-21(26)17-32-11-9-22(18-32)29(34)31-10-12-33)23-3-2-4-24(28(23)30)20-7-8-25-27(16-20)37-14-13-36-25/h2-8,15-16,22,33H,9-14,17-18H2,1H3,(H,31,34). The van der Waals surface area contributed by atoms with Crippen LogP contribution in [0.3, 0.4) is 0 Å². The maximum atomic E-state index is 12.3. The van der Waals surface area contributed by atoms with Crippen molar-refractivity contribution in [2.24, 2.45) is 5.92 Å². The second-order valence-electron chi connectivity index (χ2n) is 9.29. The van der Waals surface area contributed by atoms with Gasteiger partial charge in [0.2, 0.25) is 5.91 Å². The largest absolute Gasteiger partial charge is 0.496 e. The number of methoxy groups -OCH3 is 1. The highest BCUT2D eigenvalue weighted by molar-refractivity contribution is 6.36. The molecule has 2 N–H and O–H groups in total. The molecule has 8 heteroatoms. The summed E-state index contributed by atoms with van der Waals surface area (Å²) >= 11 is 6.94. The van der Waals surface area contributed by atoms with Gasteiger partial charge in [-0.1, -0.05) is 48.0 Å². The van der Waals surface area contributed by atoms with Gasteiger partial charge >= 0.3 is 0 Å². The second-order valence-corrected chi connectivity index (χ2v) is 9.67. The molecule has 2 aliphatic rings. The molecule has 1 atom stereocenters. The summed E-state index contributed by atoms with van der Waals surface area (Å²) < 4.78 is 17.2. The topological polar surface area (TPSA) is 80.3 Å². The van der Waals surface area contributed by atoms with E-state index in [0.29, 0.717) is 37.9 Å². The van der Waals surface area contributed by atoms with Gasteiger partial charge in [0.05, 0.1) is 24.7 Å². The minimum absolute atomic E-state index is 0.00593. The molecule has 1 amide bonds. The average Bonchev–Trinajstić information content (AvgIpc) is 3.40. The Morgan fingerprint density at radius 1 is 1.08 bits per heavy atom. The monoisotopic (exact) mass is 522 g/mol. The van der Waals surface area contributed by atoms with Gasteiger partial charge < -0.3 is 24.6 Å². The molecule has 1 saturated heterocycles. The third kappa shape index (κ3) is 5.54. The number of halogens is 1. The van der Waals surface area contributed by atoms with Gasteiger partial charge in [0.15, 0.2) is 11.5 Å². The number of ether oxygens (including phenoxy) is 3. The number of carbonyl (C=O) groups excluding carboxylic acids is 1. The lowest BCUT2D eigenvalue weighted by Crippen LogP contribution is -2.34. The zero-order chi connectivity index (χ0) is 25.8. The third-order valence-corrected chi connectivity index (χ3v) is 7.31. The molecule has 37 heavy (non-hydrogen) atoms. The summed E-state index contributed by atoms with van der Waals surface area (Å²) in [6.07, 6.45) is 0.805. The van der Waals surface area contributed by atoms with Crippen molar-refractivity contribution in [2.75, 3.05) is 46.6 Å². The zero-order valence-corrected chi connectivity index (χ0v) is 21.6. The van der Waals surface area contributed by atoms with Crippen molar-refractivity contribution in [3.63, 3.8) is 0 Å². The van der Waals surface area contributed by atoms with Gasteiger partial charge in [-0.15, -0.1) is 0 Å². The van der Waals surface area contributed by atoms with Crippen molar-refractivity contribution in [3.8, 4) is 39.5 Å². The summed E-state index contributed by atoms with van der Waals surface area (Å²) in [5.41, 5.74) is 4.82. The molecule has 7 nitrogen and oxygen atoms in total. The Bertz CT molecular complexity index is 1280. The molecule has 0 aromatic heterocycles. The van der Waals surface area contributed by atoms with E-state index in [0.717, 1.165) is 58.0 Å². The lowest BCUT2D eigenvalue weighted by molar-refractivity contribution is -0.124. The first-order valence-electron chi connectivity index (χ1n) is 12.5. The summed E-state index contributed by atoms with van der Waals surface area (Å²) in [6, 6.07) is 18.0. The number of likely N-dealkylation sites (tertiary alicyclic amines) is 1. The average molecular weight is 523 g/mol. The van der Waals surface area contributed by atoms with Crippen LogP contribution in [-0.4, -0.2) is 62.5 Å². The summed E-state index contributed by atoms with van der Waals surface area (Å²) in [5, 5.41) is 12.4. The molecule has 0 spiro atoms. The maximum Gasteiger partial charge on any atom is 0.224 e. The van der Waals surface area contributed by atoms with Crippen LogP contribution in [0.4, 0.5) is 0 Å². The quantitative estimate of drug-likeness (QED) is 0.457. The molecule has 1 unspecified atom stereocenters. The van der Waals surface area contributed by atoms with Crippen molar-refractivity contribution in [1.82, 2.24) is 10.2 Å². The molecule has 194 valence electrons. The molecule has 5 rings (SSSR count). The van der Waals surface area contributed by atoms with Crippen LogP contribution in [0.2, 0.25) is 5.02 Å². The first kappa shape index (κ1) is 25.4. The number of hydrogen-bond acceptors (Lipinski definition) is 6. The van der Waals surface area contributed by atoms with E-state index in [1.807, 2.05) is 42.5 Å². The lowest BCUT2D eigenvalue weighted by Gasteiger charge is -2.20. The number of benzene rings is 3. The smallest absolute Gasteiger partial charge is 0.224 e. The van der Waals surface area contributed by atoms with E-state index in [2.05, 4.69) is 22.3 Å². The van der Waals surface area contributed by atoms with Crippen molar-refractivity contribution in [1.29, 1.82) is 0 Å². The summed E-state index contributed by atoms with van der Waals surface area (Å²) in [4.78, 5) is 14.5. The number of fused-ring (bicyclic) bond motifs is 1. The molecular formula is C29H31ClN2O5. The van der Waals surface area contributed by atoms with E-state index in [4.69, 9.17) is 30.9 Å². The van der Waals surface area contributed by atoms with E-state index in [9.17, 15) is 4.79 Å². The van der Waals surface area contributed by atoms with Crippen LogP contribution < -0.4 is 19.5 Å². The third-order valence-electron chi connectivity index (χ3n) is 6.90. The van der Waals surface area contributed by atoms with Gasteiger partial charge in [0.25, 0.3) is 0 Å². The first-order chi connectivity index (χ1) is 18.1. The summed E-state index contributed by atoms with van der Waals surface area (Å²) in [6.45, 7) is 3.55. The first-order valence-corrected chi connectivity index (χ1v) is 12.9. The Labute approximate surface area is 221 Å². The Morgan fingerprint density at radius 3 is 2.57 bits per heavy atom. The van der Waals surface area contributed by atoms with E-state index in [-0.39, 0.29) is 18.4 Å². The van der Waals surface area contributed by atoms with Crippen LogP contribution in [0.1, 0.15) is 12.0 Å². The number of nitrogens with zero attached hydrogens (tertiary/aromatic N) is 1. The predicted molar refractivity (Wildman–Crippen MR) is 143 cm³/mol. The normalized spacial score (nSPS) is 17.0. The van der Waals surface area contributed by atoms with Crippen molar-refractivity contribution >= 4 is 17.5 Å². The minimum Gasteiger partial charge on any atom is -0.496 e.